The Bertz CT molecular complexity index is 1470. The van der Waals surface area contributed by atoms with E-state index in [4.69, 9.17) is 0 Å². The molecule has 2 heterocycles. The number of hydrogen-bond donors (Lipinski definition) is 2. The zero-order valence-electron chi connectivity index (χ0n) is 22.7. The molecule has 1 aliphatic rings. The van der Waals surface area contributed by atoms with E-state index in [1.54, 1.807) is 36.0 Å². The lowest BCUT2D eigenvalue weighted by Crippen LogP contribution is -2.38. The highest BCUT2D eigenvalue weighted by Crippen LogP contribution is 2.22. The van der Waals surface area contributed by atoms with Gasteiger partial charge in [-0.05, 0) is 55.3 Å². The van der Waals surface area contributed by atoms with Crippen LogP contribution in [0, 0.1) is 0 Å². The summed E-state index contributed by atoms with van der Waals surface area (Å²) in [6.45, 7) is 3.65. The van der Waals surface area contributed by atoms with Crippen LogP contribution in [0.25, 0.3) is 11.1 Å². The zero-order valence-corrected chi connectivity index (χ0v) is 22.7. The van der Waals surface area contributed by atoms with E-state index in [0.717, 1.165) is 30.8 Å². The van der Waals surface area contributed by atoms with Crippen LogP contribution in [0.2, 0.25) is 0 Å². The van der Waals surface area contributed by atoms with Gasteiger partial charge in [0.15, 0.2) is 5.78 Å². The fourth-order valence-corrected chi connectivity index (χ4v) is 5.05. The number of nitrogens with one attached hydrogen (secondary N) is 2. The molecule has 7 nitrogen and oxygen atoms in total. The van der Waals surface area contributed by atoms with Gasteiger partial charge >= 0.3 is 0 Å². The standard InChI is InChI=1S/C33H34N4O3/c1-36-23-29(22-30(36)33(40)34-18-21-37-19-6-3-7-20-37)35-32(39)28-16-12-25(13-17-28)24-10-14-27(15-11-24)31(38)26-8-4-2-5-9-26/h2,4-5,8-17,22-23H,3,6-7,18-21H2,1H3,(H,34,40)(H,35,39). The maximum absolute atomic E-state index is 12.9. The van der Waals surface area contributed by atoms with Gasteiger partial charge in [-0.1, -0.05) is 73.2 Å². The topological polar surface area (TPSA) is 83.4 Å². The summed E-state index contributed by atoms with van der Waals surface area (Å²) in [5, 5.41) is 5.88. The molecule has 0 atom stereocenters. The Labute approximate surface area is 234 Å². The number of carbonyl (C=O) groups is 3. The number of likely N-dealkylation sites (tertiary alicyclic amines) is 1. The fourth-order valence-electron chi connectivity index (χ4n) is 5.05. The van der Waals surface area contributed by atoms with Gasteiger partial charge in [0, 0.05) is 43.0 Å². The van der Waals surface area contributed by atoms with Crippen LogP contribution in [0.5, 0.6) is 0 Å². The van der Waals surface area contributed by atoms with Gasteiger partial charge in [-0.25, -0.2) is 0 Å². The summed E-state index contributed by atoms with van der Waals surface area (Å²) in [6.07, 6.45) is 5.48. The molecule has 1 aromatic heterocycles. The first-order chi connectivity index (χ1) is 19.5. The van der Waals surface area contributed by atoms with Crippen molar-refractivity contribution in [1.82, 2.24) is 14.8 Å². The number of benzene rings is 3. The Morgan fingerprint density at radius 3 is 1.98 bits per heavy atom. The van der Waals surface area contributed by atoms with Crippen molar-refractivity contribution in [2.45, 2.75) is 19.3 Å². The lowest BCUT2D eigenvalue weighted by atomic mass is 9.99. The smallest absolute Gasteiger partial charge is 0.268 e. The number of rotatable bonds is 9. The normalized spacial score (nSPS) is 13.5. The molecule has 7 heteroatoms. The van der Waals surface area contributed by atoms with Gasteiger partial charge in [-0.2, -0.15) is 0 Å². The van der Waals surface area contributed by atoms with E-state index >= 15 is 0 Å². The quantitative estimate of drug-likeness (QED) is 0.282. The molecule has 0 aliphatic carbocycles. The summed E-state index contributed by atoms with van der Waals surface area (Å²) in [6, 6.07) is 25.7. The van der Waals surface area contributed by atoms with Crippen LogP contribution in [0.1, 0.15) is 56.0 Å². The Hall–Kier alpha value is -4.49. The summed E-state index contributed by atoms with van der Waals surface area (Å²) in [5.74, 6) is -0.419. The van der Waals surface area contributed by atoms with Gasteiger partial charge in [-0.15, -0.1) is 0 Å². The largest absolute Gasteiger partial charge is 0.349 e. The number of aryl methyl sites for hydroxylation is 1. The maximum Gasteiger partial charge on any atom is 0.268 e. The van der Waals surface area contributed by atoms with Crippen molar-refractivity contribution in [2.24, 2.45) is 7.05 Å². The molecule has 4 aromatic rings. The van der Waals surface area contributed by atoms with Crippen LogP contribution in [0.3, 0.4) is 0 Å². The number of amides is 2. The molecule has 0 unspecified atom stereocenters. The minimum Gasteiger partial charge on any atom is -0.349 e. The van der Waals surface area contributed by atoms with Crippen molar-refractivity contribution in [3.05, 3.63) is 114 Å². The van der Waals surface area contributed by atoms with Gasteiger partial charge in [0.25, 0.3) is 11.8 Å². The minimum absolute atomic E-state index is 0.0156. The molecule has 40 heavy (non-hydrogen) atoms. The Morgan fingerprint density at radius 2 is 1.32 bits per heavy atom. The highest BCUT2D eigenvalue weighted by molar-refractivity contribution is 6.09. The molecule has 2 N–H and O–H groups in total. The Morgan fingerprint density at radius 1 is 0.725 bits per heavy atom. The van der Waals surface area contributed by atoms with Crippen LogP contribution in [0.4, 0.5) is 5.69 Å². The lowest BCUT2D eigenvalue weighted by molar-refractivity contribution is 0.0937. The predicted octanol–water partition coefficient (Wildman–Crippen LogP) is 5.39. The van der Waals surface area contributed by atoms with Crippen LogP contribution >= 0.6 is 0 Å². The molecule has 1 fully saturated rings. The fraction of sp³-hybridized carbons (Fsp3) is 0.242. The van der Waals surface area contributed by atoms with E-state index in [2.05, 4.69) is 15.5 Å². The van der Waals surface area contributed by atoms with E-state index in [-0.39, 0.29) is 17.6 Å². The third-order valence-electron chi connectivity index (χ3n) is 7.32. The van der Waals surface area contributed by atoms with Crippen LogP contribution in [-0.4, -0.2) is 53.2 Å². The second-order valence-electron chi connectivity index (χ2n) is 10.2. The number of ketones is 1. The summed E-state index contributed by atoms with van der Waals surface area (Å²) in [4.78, 5) is 40.6. The summed E-state index contributed by atoms with van der Waals surface area (Å²) >= 11 is 0. The van der Waals surface area contributed by atoms with Gasteiger partial charge < -0.3 is 20.1 Å². The highest BCUT2D eigenvalue weighted by Gasteiger charge is 2.16. The SMILES string of the molecule is Cn1cc(NC(=O)c2ccc(-c3ccc(C(=O)c4ccccc4)cc3)cc2)cc1C(=O)NCCN1CCCCC1. The molecule has 0 saturated carbocycles. The third-order valence-corrected chi connectivity index (χ3v) is 7.32. The Balaban J connectivity index is 1.16. The summed E-state index contributed by atoms with van der Waals surface area (Å²) in [7, 11) is 1.79. The van der Waals surface area contributed by atoms with Crippen molar-refractivity contribution in [1.29, 1.82) is 0 Å². The van der Waals surface area contributed by atoms with Crippen LogP contribution in [0.15, 0.2) is 91.1 Å². The van der Waals surface area contributed by atoms with E-state index < -0.39 is 0 Å². The average molecular weight is 535 g/mol. The molecule has 204 valence electrons. The first-order valence-corrected chi connectivity index (χ1v) is 13.8. The summed E-state index contributed by atoms with van der Waals surface area (Å²) < 4.78 is 1.72. The zero-order chi connectivity index (χ0) is 27.9. The molecule has 5 rings (SSSR count). The third kappa shape index (κ3) is 6.55. The van der Waals surface area contributed by atoms with E-state index in [1.807, 2.05) is 66.7 Å². The van der Waals surface area contributed by atoms with Crippen molar-refractivity contribution < 1.29 is 14.4 Å². The molecule has 1 saturated heterocycles. The Kier molecular flexibility index (Phi) is 8.52. The molecular formula is C33H34N4O3. The number of hydrogen-bond acceptors (Lipinski definition) is 4. The van der Waals surface area contributed by atoms with Crippen molar-refractivity contribution in [2.75, 3.05) is 31.5 Å². The van der Waals surface area contributed by atoms with Gasteiger partial charge in [0.05, 0.1) is 5.69 Å². The number of aromatic nitrogens is 1. The molecule has 3 aromatic carbocycles. The van der Waals surface area contributed by atoms with E-state index in [1.165, 1.54) is 19.3 Å². The van der Waals surface area contributed by atoms with Crippen molar-refractivity contribution in [3.63, 3.8) is 0 Å². The maximum atomic E-state index is 12.9. The number of piperidine rings is 1. The highest BCUT2D eigenvalue weighted by atomic mass is 16.2. The van der Waals surface area contributed by atoms with Gasteiger partial charge in [-0.3, -0.25) is 14.4 Å². The van der Waals surface area contributed by atoms with Gasteiger partial charge in [0.2, 0.25) is 0 Å². The first-order valence-electron chi connectivity index (χ1n) is 13.8. The molecule has 0 spiro atoms. The van der Waals surface area contributed by atoms with E-state index in [0.29, 0.717) is 34.6 Å². The first kappa shape index (κ1) is 27.1. The number of nitrogens with zero attached hydrogens (tertiary/aromatic N) is 2. The van der Waals surface area contributed by atoms with Crippen molar-refractivity contribution in [3.8, 4) is 11.1 Å². The number of anilines is 1. The summed E-state index contributed by atoms with van der Waals surface area (Å²) in [5.41, 5.74) is 4.76. The number of carbonyl (C=O) groups excluding carboxylic acids is 3. The second-order valence-corrected chi connectivity index (χ2v) is 10.2. The molecule has 0 bridgehead atoms. The predicted molar refractivity (Wildman–Crippen MR) is 158 cm³/mol. The van der Waals surface area contributed by atoms with Crippen molar-refractivity contribution >= 4 is 23.3 Å². The second kappa shape index (κ2) is 12.6. The van der Waals surface area contributed by atoms with E-state index in [9.17, 15) is 14.4 Å². The minimum atomic E-state index is -0.252. The van der Waals surface area contributed by atoms with Crippen LogP contribution in [-0.2, 0) is 7.05 Å². The molecular weight excluding hydrogens is 500 g/mol. The molecule has 2 amide bonds. The molecule has 1 aliphatic heterocycles. The van der Waals surface area contributed by atoms with Crippen LogP contribution < -0.4 is 10.6 Å². The average Bonchev–Trinajstić information content (AvgIpc) is 3.37. The van der Waals surface area contributed by atoms with Gasteiger partial charge in [0.1, 0.15) is 5.69 Å². The lowest BCUT2D eigenvalue weighted by Gasteiger charge is -2.26. The monoisotopic (exact) mass is 534 g/mol. The molecule has 0 radical (unpaired) electrons.